The van der Waals surface area contributed by atoms with Gasteiger partial charge in [-0.3, -0.25) is 4.79 Å². The number of esters is 1. The number of carbonyl (C=O) groups excluding carboxylic acids is 1. The summed E-state index contributed by atoms with van der Waals surface area (Å²) in [5.41, 5.74) is 0. The van der Waals surface area contributed by atoms with Crippen molar-refractivity contribution in [2.45, 2.75) is 194 Å². The van der Waals surface area contributed by atoms with Crippen molar-refractivity contribution in [2.24, 2.45) is 5.92 Å². The molecule has 0 aliphatic carbocycles. The van der Waals surface area contributed by atoms with Crippen molar-refractivity contribution in [2.75, 3.05) is 6.61 Å². The summed E-state index contributed by atoms with van der Waals surface area (Å²) in [4.78, 5) is 12.3. The molecule has 0 spiro atoms. The first-order chi connectivity index (χ1) is 18.0. The van der Waals surface area contributed by atoms with E-state index in [2.05, 4.69) is 20.8 Å². The Labute approximate surface area is 232 Å². The number of unbranched alkanes of at least 4 members (excludes halogenated alkanes) is 18. The Bertz CT molecular complexity index is 465. The summed E-state index contributed by atoms with van der Waals surface area (Å²) >= 11 is 0. The first-order valence-corrected chi connectivity index (χ1v) is 16.5. The molecule has 1 N–H and O–H groups in total. The van der Waals surface area contributed by atoms with Gasteiger partial charge in [-0.1, -0.05) is 156 Å². The van der Waals surface area contributed by atoms with Crippen LogP contribution in [0.1, 0.15) is 182 Å². The number of aliphatic hydroxyl groups is 1. The first kappa shape index (κ1) is 36.4. The summed E-state index contributed by atoms with van der Waals surface area (Å²) in [5.74, 6) is 0.334. The summed E-state index contributed by atoms with van der Waals surface area (Å²) in [7, 11) is 0. The Morgan fingerprint density at radius 3 is 1.46 bits per heavy atom. The maximum Gasteiger partial charge on any atom is 0.308 e. The summed E-state index contributed by atoms with van der Waals surface area (Å²) in [6.45, 7) is 8.54. The van der Waals surface area contributed by atoms with E-state index in [1.54, 1.807) is 6.92 Å². The highest BCUT2D eigenvalue weighted by Crippen LogP contribution is 2.21. The molecule has 0 heterocycles. The predicted octanol–water partition coefficient (Wildman–Crippen LogP) is 10.3. The third kappa shape index (κ3) is 26.8. The summed E-state index contributed by atoms with van der Waals surface area (Å²) < 4.78 is 11.3. The number of rotatable bonds is 29. The molecule has 0 aromatic heterocycles. The van der Waals surface area contributed by atoms with Crippen molar-refractivity contribution in [1.29, 1.82) is 0 Å². The molecule has 222 valence electrons. The number of hydrogen-bond acceptors (Lipinski definition) is 4. The molecule has 0 aliphatic rings. The highest BCUT2D eigenvalue weighted by Gasteiger charge is 2.20. The molecule has 0 bridgehead atoms. The molecule has 0 aromatic carbocycles. The lowest BCUT2D eigenvalue weighted by molar-refractivity contribution is -0.187. The largest absolute Gasteiger partial charge is 0.436 e. The van der Waals surface area contributed by atoms with Gasteiger partial charge >= 0.3 is 5.97 Å². The third-order valence-electron chi connectivity index (χ3n) is 7.57. The molecule has 0 rings (SSSR count). The molecular formula is C33H66O4. The van der Waals surface area contributed by atoms with Crippen LogP contribution in [0.4, 0.5) is 0 Å². The molecule has 0 aliphatic heterocycles. The molecule has 3 atom stereocenters. The average Bonchev–Trinajstić information content (AvgIpc) is 2.88. The zero-order valence-electron chi connectivity index (χ0n) is 25.6. The summed E-state index contributed by atoms with van der Waals surface area (Å²) in [5, 5.41) is 9.54. The van der Waals surface area contributed by atoms with Gasteiger partial charge in [-0.25, -0.2) is 0 Å². The van der Waals surface area contributed by atoms with E-state index in [1.807, 2.05) is 0 Å². The minimum Gasteiger partial charge on any atom is -0.436 e. The number of hydrogen-bond donors (Lipinski definition) is 1. The second-order valence-corrected chi connectivity index (χ2v) is 11.5. The van der Waals surface area contributed by atoms with Crippen molar-refractivity contribution < 1.29 is 19.4 Å². The third-order valence-corrected chi connectivity index (χ3v) is 7.57. The normalized spacial score (nSPS) is 14.0. The van der Waals surface area contributed by atoms with Gasteiger partial charge in [-0.05, 0) is 19.3 Å². The Balaban J connectivity index is 3.61. The van der Waals surface area contributed by atoms with E-state index in [0.717, 1.165) is 38.5 Å². The molecule has 0 saturated carbocycles. The van der Waals surface area contributed by atoms with Gasteiger partial charge in [0.15, 0.2) is 0 Å². The maximum atomic E-state index is 12.3. The fourth-order valence-corrected chi connectivity index (χ4v) is 5.12. The van der Waals surface area contributed by atoms with Gasteiger partial charge in [-0.2, -0.15) is 0 Å². The summed E-state index contributed by atoms with van der Waals surface area (Å²) in [6.07, 6.45) is 29.1. The molecule has 4 heteroatoms. The molecule has 0 radical (unpaired) electrons. The van der Waals surface area contributed by atoms with Gasteiger partial charge in [0.1, 0.15) is 0 Å². The van der Waals surface area contributed by atoms with Crippen LogP contribution < -0.4 is 0 Å². The molecule has 4 nitrogen and oxygen atoms in total. The Morgan fingerprint density at radius 1 is 0.649 bits per heavy atom. The van der Waals surface area contributed by atoms with E-state index in [9.17, 15) is 9.90 Å². The second-order valence-electron chi connectivity index (χ2n) is 11.5. The molecule has 0 fully saturated rings. The van der Waals surface area contributed by atoms with Crippen LogP contribution in [0.2, 0.25) is 0 Å². The van der Waals surface area contributed by atoms with Crippen molar-refractivity contribution in [3.05, 3.63) is 0 Å². The monoisotopic (exact) mass is 526 g/mol. The highest BCUT2D eigenvalue weighted by molar-refractivity contribution is 5.69. The van der Waals surface area contributed by atoms with Crippen molar-refractivity contribution in [1.82, 2.24) is 0 Å². The molecular weight excluding hydrogens is 460 g/mol. The van der Waals surface area contributed by atoms with Crippen LogP contribution in [0.3, 0.4) is 0 Å². The van der Waals surface area contributed by atoms with Crippen LogP contribution in [0.25, 0.3) is 0 Å². The van der Waals surface area contributed by atoms with Gasteiger partial charge in [-0.15, -0.1) is 0 Å². The average molecular weight is 527 g/mol. The molecule has 0 aromatic rings. The Kier molecular flexibility index (Phi) is 27.9. The van der Waals surface area contributed by atoms with Crippen LogP contribution >= 0.6 is 0 Å². The van der Waals surface area contributed by atoms with E-state index in [4.69, 9.17) is 9.47 Å². The lowest BCUT2D eigenvalue weighted by Gasteiger charge is -2.23. The van der Waals surface area contributed by atoms with Crippen LogP contribution in [0.15, 0.2) is 0 Å². The lowest BCUT2D eigenvalue weighted by atomic mass is 9.97. The fourth-order valence-electron chi connectivity index (χ4n) is 5.12. The number of aliphatic hydroxyl groups excluding tert-OH is 1. The quantitative estimate of drug-likeness (QED) is 0.0598. The Morgan fingerprint density at radius 2 is 1.08 bits per heavy atom. The van der Waals surface area contributed by atoms with Crippen LogP contribution in [0.5, 0.6) is 0 Å². The predicted molar refractivity (Wildman–Crippen MR) is 159 cm³/mol. The maximum absolute atomic E-state index is 12.3. The molecule has 37 heavy (non-hydrogen) atoms. The summed E-state index contributed by atoms with van der Waals surface area (Å²) in [6, 6.07) is 0. The van der Waals surface area contributed by atoms with Gasteiger partial charge < -0.3 is 14.6 Å². The van der Waals surface area contributed by atoms with E-state index < -0.39 is 12.4 Å². The van der Waals surface area contributed by atoms with Gasteiger partial charge in [0.2, 0.25) is 6.29 Å². The van der Waals surface area contributed by atoms with Gasteiger partial charge in [0.25, 0.3) is 0 Å². The lowest BCUT2D eigenvalue weighted by Crippen LogP contribution is -2.27. The van der Waals surface area contributed by atoms with E-state index >= 15 is 0 Å². The van der Waals surface area contributed by atoms with Crippen molar-refractivity contribution in [3.8, 4) is 0 Å². The minimum absolute atomic E-state index is 0.158. The van der Waals surface area contributed by atoms with Crippen LogP contribution in [0, 0.1) is 5.92 Å². The molecule has 0 amide bonds. The fraction of sp³-hybridized carbons (Fsp3) is 0.970. The number of ether oxygens (including phenoxy) is 2. The molecule has 3 unspecified atom stereocenters. The standard InChI is InChI=1S/C33H66O4/c1-5-8-9-10-11-12-13-14-15-16-17-18-19-20-21-22-23-24-25-27-32(35)37-33(36-29-30(4)34)28-31(7-3)26-6-2/h30-31,33-34H,5-29H2,1-4H3. The van der Waals surface area contributed by atoms with Crippen LogP contribution in [-0.2, 0) is 14.3 Å². The zero-order chi connectivity index (χ0) is 27.4. The Hall–Kier alpha value is -0.610. The highest BCUT2D eigenvalue weighted by atomic mass is 16.7. The number of carbonyl (C=O) groups is 1. The van der Waals surface area contributed by atoms with E-state index in [1.165, 1.54) is 109 Å². The molecule has 0 saturated heterocycles. The minimum atomic E-state index is -0.549. The van der Waals surface area contributed by atoms with Gasteiger partial charge in [0, 0.05) is 12.8 Å². The van der Waals surface area contributed by atoms with Crippen LogP contribution in [-0.4, -0.2) is 30.1 Å². The van der Waals surface area contributed by atoms with Gasteiger partial charge in [0.05, 0.1) is 12.7 Å². The zero-order valence-corrected chi connectivity index (χ0v) is 25.6. The second kappa shape index (κ2) is 28.4. The van der Waals surface area contributed by atoms with E-state index in [-0.39, 0.29) is 12.6 Å². The smallest absolute Gasteiger partial charge is 0.308 e. The SMILES string of the molecule is CCCCCCCCCCCCCCCCCCCCCC(=O)OC(CC(CC)CCC)OCC(C)O. The van der Waals surface area contributed by atoms with E-state index in [0.29, 0.717) is 12.3 Å². The van der Waals surface area contributed by atoms with Crippen molar-refractivity contribution in [3.63, 3.8) is 0 Å². The first-order valence-electron chi connectivity index (χ1n) is 16.5. The van der Waals surface area contributed by atoms with Crippen molar-refractivity contribution >= 4 is 5.97 Å². The topological polar surface area (TPSA) is 55.8 Å².